The van der Waals surface area contributed by atoms with E-state index in [1.807, 2.05) is 66.4 Å². The van der Waals surface area contributed by atoms with Gasteiger partial charge in [0.2, 0.25) is 5.82 Å². The van der Waals surface area contributed by atoms with E-state index in [2.05, 4.69) is 41.7 Å². The minimum absolute atomic E-state index is 0.260. The van der Waals surface area contributed by atoms with Gasteiger partial charge in [-0.15, -0.1) is 0 Å². The van der Waals surface area contributed by atoms with Crippen molar-refractivity contribution in [2.45, 2.75) is 19.9 Å². The van der Waals surface area contributed by atoms with Gasteiger partial charge in [0.15, 0.2) is 5.11 Å². The van der Waals surface area contributed by atoms with Gasteiger partial charge >= 0.3 is 0 Å². The summed E-state index contributed by atoms with van der Waals surface area (Å²) in [7, 11) is 1.65. The highest BCUT2D eigenvalue weighted by atomic mass is 32.1. The van der Waals surface area contributed by atoms with E-state index in [9.17, 15) is 0 Å². The number of thiocarbonyl (C=S) groups is 1. The number of hydrogen-bond acceptors (Lipinski definition) is 5. The number of methoxy groups -OCH3 is 1. The van der Waals surface area contributed by atoms with E-state index in [-0.39, 0.29) is 6.04 Å². The van der Waals surface area contributed by atoms with Gasteiger partial charge in [-0.05, 0) is 55.9 Å². The topological polar surface area (TPSA) is 63.4 Å². The summed E-state index contributed by atoms with van der Waals surface area (Å²) in [6.45, 7) is 4.10. The maximum absolute atomic E-state index is 5.82. The molecule has 0 amide bonds. The monoisotopic (exact) mass is 468 g/mol. The van der Waals surface area contributed by atoms with Crippen LogP contribution in [0, 0.1) is 6.92 Å². The molecule has 5 rings (SSSR count). The Kier molecular flexibility index (Phi) is 5.86. The molecule has 0 bridgehead atoms. The van der Waals surface area contributed by atoms with Crippen LogP contribution >= 0.6 is 12.2 Å². The number of aromatic nitrogens is 2. The fourth-order valence-electron chi connectivity index (χ4n) is 4.11. The highest BCUT2D eigenvalue weighted by Gasteiger charge is 2.34. The molecule has 1 unspecified atom stereocenters. The number of hydrogen-bond donors (Lipinski definition) is 1. The third kappa shape index (κ3) is 4.06. The Labute approximate surface area is 203 Å². The third-order valence-electron chi connectivity index (χ3n) is 5.91. The number of ether oxygens (including phenoxy) is 1. The smallest absolute Gasteiger partial charge is 0.258 e. The summed E-state index contributed by atoms with van der Waals surface area (Å²) in [6, 6.07) is 25.7. The first-order valence-electron chi connectivity index (χ1n) is 11.0. The lowest BCUT2D eigenvalue weighted by Gasteiger charge is -2.37. The number of benzene rings is 3. The fourth-order valence-corrected chi connectivity index (χ4v) is 4.47. The second kappa shape index (κ2) is 9.11. The predicted octanol–water partition coefficient (Wildman–Crippen LogP) is 5.92. The maximum Gasteiger partial charge on any atom is 0.258 e. The van der Waals surface area contributed by atoms with Gasteiger partial charge in [0.1, 0.15) is 5.75 Å². The summed E-state index contributed by atoms with van der Waals surface area (Å²) >= 11 is 5.82. The fraction of sp³-hybridized carbons (Fsp3) is 0.148. The summed E-state index contributed by atoms with van der Waals surface area (Å²) in [6.07, 6.45) is 0. The van der Waals surface area contributed by atoms with Gasteiger partial charge < -0.3 is 14.6 Å². The molecular weight excluding hydrogens is 444 g/mol. The van der Waals surface area contributed by atoms with Gasteiger partial charge in [0.25, 0.3) is 5.89 Å². The van der Waals surface area contributed by atoms with E-state index in [1.165, 1.54) is 5.56 Å². The van der Waals surface area contributed by atoms with Crippen molar-refractivity contribution in [1.29, 1.82) is 0 Å². The van der Waals surface area contributed by atoms with Gasteiger partial charge in [-0.25, -0.2) is 0 Å². The zero-order chi connectivity index (χ0) is 23.7. The number of rotatable bonds is 5. The molecule has 0 aliphatic carbocycles. The Morgan fingerprint density at radius 3 is 2.32 bits per heavy atom. The highest BCUT2D eigenvalue weighted by Crippen LogP contribution is 2.39. The number of anilines is 1. The highest BCUT2D eigenvalue weighted by molar-refractivity contribution is 7.80. The van der Waals surface area contributed by atoms with Crippen LogP contribution in [-0.2, 0) is 0 Å². The van der Waals surface area contributed by atoms with Crippen LogP contribution in [0.3, 0.4) is 0 Å². The van der Waals surface area contributed by atoms with Gasteiger partial charge in [-0.2, -0.15) is 4.98 Å². The predicted molar refractivity (Wildman–Crippen MR) is 137 cm³/mol. The zero-order valence-corrected chi connectivity index (χ0v) is 20.0. The van der Waals surface area contributed by atoms with Crippen molar-refractivity contribution in [3.8, 4) is 17.1 Å². The van der Waals surface area contributed by atoms with Crippen LogP contribution in [0.1, 0.15) is 30.0 Å². The molecule has 0 fully saturated rings. The van der Waals surface area contributed by atoms with Gasteiger partial charge in [-0.1, -0.05) is 65.3 Å². The normalized spacial score (nSPS) is 15.9. The average Bonchev–Trinajstić information content (AvgIpc) is 3.35. The van der Waals surface area contributed by atoms with Crippen LogP contribution in [0.4, 0.5) is 5.69 Å². The van der Waals surface area contributed by atoms with Crippen molar-refractivity contribution >= 4 is 28.6 Å². The Balaban J connectivity index is 1.64. The molecule has 7 heteroatoms. The summed E-state index contributed by atoms with van der Waals surface area (Å²) < 4.78 is 11.2. The molecule has 2 heterocycles. The summed E-state index contributed by atoms with van der Waals surface area (Å²) in [5, 5.41) is 8.36. The molecule has 1 aromatic heterocycles. The van der Waals surface area contributed by atoms with E-state index >= 15 is 0 Å². The van der Waals surface area contributed by atoms with Gasteiger partial charge in [0.05, 0.1) is 18.7 Å². The van der Waals surface area contributed by atoms with E-state index in [4.69, 9.17) is 26.5 Å². The molecule has 0 saturated carbocycles. The minimum atomic E-state index is -0.260. The van der Waals surface area contributed by atoms with Crippen molar-refractivity contribution in [3.63, 3.8) is 0 Å². The number of allylic oxidation sites excluding steroid dienone is 1. The molecule has 0 radical (unpaired) electrons. The molecule has 1 aliphatic rings. The number of nitrogens with one attached hydrogen (secondary N) is 1. The second-order valence-electron chi connectivity index (χ2n) is 8.11. The lowest BCUT2D eigenvalue weighted by Crippen LogP contribution is -2.46. The average molecular weight is 469 g/mol. The quantitative estimate of drug-likeness (QED) is 0.365. The molecule has 1 aliphatic heterocycles. The Morgan fingerprint density at radius 1 is 0.941 bits per heavy atom. The van der Waals surface area contributed by atoms with Crippen molar-refractivity contribution in [3.05, 3.63) is 102 Å². The minimum Gasteiger partial charge on any atom is -0.497 e. The van der Waals surface area contributed by atoms with Crippen LogP contribution in [0.15, 0.2) is 89.1 Å². The molecule has 34 heavy (non-hydrogen) atoms. The molecule has 6 nitrogen and oxygen atoms in total. The first-order valence-corrected chi connectivity index (χ1v) is 11.4. The molecule has 0 saturated heterocycles. The molecule has 1 N–H and O–H groups in total. The standard InChI is InChI=1S/C27H24N4O2S/c1-17-9-13-21(14-10-17)31-18(2)23(26-29-25(30-33-26)20-7-5-4-6-8-20)24(28-27(31)34)19-11-15-22(32-3)16-12-19/h4-16,24H,1-3H3,(H,28,34). The Morgan fingerprint density at radius 2 is 1.65 bits per heavy atom. The van der Waals surface area contributed by atoms with E-state index in [0.29, 0.717) is 16.8 Å². The molecule has 170 valence electrons. The Hall–Kier alpha value is -3.97. The molecule has 1 atom stereocenters. The van der Waals surface area contributed by atoms with Crippen LogP contribution in [0.5, 0.6) is 5.75 Å². The number of nitrogens with zero attached hydrogens (tertiary/aromatic N) is 3. The Bertz CT molecular complexity index is 1350. The van der Waals surface area contributed by atoms with Crippen molar-refractivity contribution < 1.29 is 9.26 Å². The van der Waals surface area contributed by atoms with Crippen molar-refractivity contribution in [2.75, 3.05) is 12.0 Å². The molecule has 3 aromatic carbocycles. The first kappa shape index (κ1) is 21.9. The molecular formula is C27H24N4O2S. The van der Waals surface area contributed by atoms with E-state index < -0.39 is 0 Å². The zero-order valence-electron chi connectivity index (χ0n) is 19.1. The molecule has 0 spiro atoms. The van der Waals surface area contributed by atoms with Gasteiger partial charge in [0, 0.05) is 16.9 Å². The lowest BCUT2D eigenvalue weighted by atomic mass is 9.94. The van der Waals surface area contributed by atoms with E-state index in [0.717, 1.165) is 33.8 Å². The van der Waals surface area contributed by atoms with Crippen LogP contribution in [0.2, 0.25) is 0 Å². The van der Waals surface area contributed by atoms with Gasteiger partial charge in [-0.3, -0.25) is 4.90 Å². The van der Waals surface area contributed by atoms with Crippen LogP contribution in [0.25, 0.3) is 17.0 Å². The lowest BCUT2D eigenvalue weighted by molar-refractivity contribution is 0.404. The molecule has 4 aromatic rings. The number of aryl methyl sites for hydroxylation is 1. The summed E-state index contributed by atoms with van der Waals surface area (Å²) in [5.74, 6) is 1.78. The first-order chi connectivity index (χ1) is 16.5. The SMILES string of the molecule is COc1ccc(C2NC(=S)N(c3ccc(C)cc3)C(C)=C2c2nc(-c3ccccc3)no2)cc1. The van der Waals surface area contributed by atoms with Crippen molar-refractivity contribution in [1.82, 2.24) is 15.5 Å². The summed E-state index contributed by atoms with van der Waals surface area (Å²) in [5.41, 5.74) is 5.86. The summed E-state index contributed by atoms with van der Waals surface area (Å²) in [4.78, 5) is 6.77. The third-order valence-corrected chi connectivity index (χ3v) is 6.21. The van der Waals surface area contributed by atoms with Crippen LogP contribution < -0.4 is 15.0 Å². The van der Waals surface area contributed by atoms with E-state index in [1.54, 1.807) is 7.11 Å². The van der Waals surface area contributed by atoms with Crippen LogP contribution in [-0.4, -0.2) is 22.4 Å². The second-order valence-corrected chi connectivity index (χ2v) is 8.50. The largest absolute Gasteiger partial charge is 0.497 e. The van der Waals surface area contributed by atoms with Crippen molar-refractivity contribution in [2.24, 2.45) is 0 Å². The maximum atomic E-state index is 5.82.